The number of aromatic nitrogens is 1. The Kier molecular flexibility index (Phi) is 3.50. The van der Waals surface area contributed by atoms with E-state index in [0.29, 0.717) is 22.5 Å². The minimum absolute atomic E-state index is 0.0477. The molecule has 0 saturated carbocycles. The maximum Gasteiger partial charge on any atom is 0.299 e. The first-order chi connectivity index (χ1) is 9.10. The van der Waals surface area contributed by atoms with Gasteiger partial charge in [-0.15, -0.1) is 0 Å². The quantitative estimate of drug-likeness (QED) is 0.676. The van der Waals surface area contributed by atoms with Crippen molar-refractivity contribution in [3.63, 3.8) is 0 Å². The minimum atomic E-state index is -0.442. The van der Waals surface area contributed by atoms with E-state index in [1.807, 2.05) is 13.0 Å². The standard InChI is InChI=1S/C13H15N3O3/c1-4-8-5-9-6-10(19-3)7-11(16(17)18)12(9)15-13(8)14-2/h5-7H,4H2,1-3H3,(H,14,15). The average Bonchev–Trinajstić information content (AvgIpc) is 2.44. The fourth-order valence-electron chi connectivity index (χ4n) is 2.03. The lowest BCUT2D eigenvalue weighted by molar-refractivity contribution is -0.383. The number of nitrogens with one attached hydrogen (secondary N) is 1. The molecular formula is C13H15N3O3. The van der Waals surface area contributed by atoms with Crippen molar-refractivity contribution < 1.29 is 9.66 Å². The van der Waals surface area contributed by atoms with Crippen LogP contribution in [0.2, 0.25) is 0 Å². The third kappa shape index (κ3) is 2.29. The summed E-state index contributed by atoms with van der Waals surface area (Å²) in [6.07, 6.45) is 0.796. The number of nitrogens with zero attached hydrogens (tertiary/aromatic N) is 2. The molecule has 6 nitrogen and oxygen atoms in total. The normalized spacial score (nSPS) is 10.5. The van der Waals surface area contributed by atoms with Crippen LogP contribution in [-0.2, 0) is 6.42 Å². The molecule has 0 aliphatic rings. The van der Waals surface area contributed by atoms with Crippen LogP contribution in [0.5, 0.6) is 5.75 Å². The molecule has 0 unspecified atom stereocenters. The van der Waals surface area contributed by atoms with Crippen molar-refractivity contribution in [2.45, 2.75) is 13.3 Å². The third-order valence-electron chi connectivity index (χ3n) is 3.00. The Bertz CT molecular complexity index is 641. The number of fused-ring (bicyclic) bond motifs is 1. The molecule has 2 rings (SSSR count). The van der Waals surface area contributed by atoms with Crippen LogP contribution in [0.1, 0.15) is 12.5 Å². The van der Waals surface area contributed by atoms with Gasteiger partial charge in [0, 0.05) is 12.4 Å². The molecule has 1 N–H and O–H groups in total. The number of hydrogen-bond donors (Lipinski definition) is 1. The molecule has 1 aromatic carbocycles. The van der Waals surface area contributed by atoms with Crippen molar-refractivity contribution in [3.05, 3.63) is 33.9 Å². The molecule has 0 amide bonds. The minimum Gasteiger partial charge on any atom is -0.496 e. The first-order valence-corrected chi connectivity index (χ1v) is 5.94. The van der Waals surface area contributed by atoms with Crippen LogP contribution in [-0.4, -0.2) is 24.1 Å². The summed E-state index contributed by atoms with van der Waals surface area (Å²) in [7, 11) is 3.24. The molecule has 1 heterocycles. The lowest BCUT2D eigenvalue weighted by Crippen LogP contribution is -2.01. The van der Waals surface area contributed by atoms with Crippen LogP contribution in [0.4, 0.5) is 11.5 Å². The number of pyridine rings is 1. The lowest BCUT2D eigenvalue weighted by Gasteiger charge is -2.09. The monoisotopic (exact) mass is 261 g/mol. The van der Waals surface area contributed by atoms with Crippen LogP contribution < -0.4 is 10.1 Å². The molecule has 0 bridgehead atoms. The molecule has 0 spiro atoms. The number of anilines is 1. The predicted octanol–water partition coefficient (Wildman–Crippen LogP) is 2.76. The van der Waals surface area contributed by atoms with E-state index in [0.717, 1.165) is 12.0 Å². The van der Waals surface area contributed by atoms with Crippen molar-refractivity contribution in [3.8, 4) is 5.75 Å². The molecule has 2 aromatic rings. The number of hydrogen-bond acceptors (Lipinski definition) is 5. The van der Waals surface area contributed by atoms with Crippen LogP contribution in [0, 0.1) is 10.1 Å². The van der Waals surface area contributed by atoms with E-state index in [1.165, 1.54) is 13.2 Å². The fourth-order valence-corrected chi connectivity index (χ4v) is 2.03. The highest BCUT2D eigenvalue weighted by atomic mass is 16.6. The van der Waals surface area contributed by atoms with Gasteiger partial charge in [0.25, 0.3) is 5.69 Å². The zero-order valence-corrected chi connectivity index (χ0v) is 11.1. The Balaban J connectivity index is 2.81. The second-order valence-electron chi connectivity index (χ2n) is 4.08. The molecule has 0 atom stereocenters. The van der Waals surface area contributed by atoms with Gasteiger partial charge in [-0.25, -0.2) is 4.98 Å². The smallest absolute Gasteiger partial charge is 0.299 e. The first kappa shape index (κ1) is 13.1. The predicted molar refractivity (Wildman–Crippen MR) is 73.9 cm³/mol. The summed E-state index contributed by atoms with van der Waals surface area (Å²) in [6.45, 7) is 2.01. The van der Waals surface area contributed by atoms with E-state index in [4.69, 9.17) is 4.74 Å². The second kappa shape index (κ2) is 5.09. The van der Waals surface area contributed by atoms with E-state index in [2.05, 4.69) is 10.3 Å². The summed E-state index contributed by atoms with van der Waals surface area (Å²) in [5.41, 5.74) is 1.33. The number of non-ortho nitro benzene ring substituents is 1. The summed E-state index contributed by atoms with van der Waals surface area (Å²) in [5, 5.41) is 14.8. The number of benzene rings is 1. The second-order valence-corrected chi connectivity index (χ2v) is 4.08. The van der Waals surface area contributed by atoms with Gasteiger partial charge < -0.3 is 10.1 Å². The topological polar surface area (TPSA) is 77.3 Å². The highest BCUT2D eigenvalue weighted by molar-refractivity contribution is 5.90. The summed E-state index contributed by atoms with van der Waals surface area (Å²) in [5.74, 6) is 1.13. The molecule has 6 heteroatoms. The highest BCUT2D eigenvalue weighted by Gasteiger charge is 2.17. The van der Waals surface area contributed by atoms with Crippen LogP contribution in [0.25, 0.3) is 10.9 Å². The Morgan fingerprint density at radius 1 is 1.42 bits per heavy atom. The molecule has 1 aromatic heterocycles. The molecule has 19 heavy (non-hydrogen) atoms. The Morgan fingerprint density at radius 3 is 2.68 bits per heavy atom. The number of rotatable bonds is 4. The molecule has 100 valence electrons. The van der Waals surface area contributed by atoms with Gasteiger partial charge in [-0.3, -0.25) is 10.1 Å². The third-order valence-corrected chi connectivity index (χ3v) is 3.00. The van der Waals surface area contributed by atoms with E-state index in [-0.39, 0.29) is 5.69 Å². The van der Waals surface area contributed by atoms with E-state index in [9.17, 15) is 10.1 Å². The zero-order chi connectivity index (χ0) is 14.0. The van der Waals surface area contributed by atoms with E-state index >= 15 is 0 Å². The van der Waals surface area contributed by atoms with Crippen LogP contribution >= 0.6 is 0 Å². The van der Waals surface area contributed by atoms with Gasteiger partial charge in [0.15, 0.2) is 5.52 Å². The summed E-state index contributed by atoms with van der Waals surface area (Å²) in [6, 6.07) is 5.05. The van der Waals surface area contributed by atoms with Crippen LogP contribution in [0.15, 0.2) is 18.2 Å². The van der Waals surface area contributed by atoms with Crippen molar-refractivity contribution in [2.75, 3.05) is 19.5 Å². The van der Waals surface area contributed by atoms with Crippen LogP contribution in [0.3, 0.4) is 0 Å². The largest absolute Gasteiger partial charge is 0.496 e. The number of methoxy groups -OCH3 is 1. The molecule has 0 radical (unpaired) electrons. The van der Waals surface area contributed by atoms with Crippen molar-refractivity contribution in [1.82, 2.24) is 4.98 Å². The molecule has 0 aliphatic carbocycles. The Hall–Kier alpha value is -2.37. The zero-order valence-electron chi connectivity index (χ0n) is 11.1. The van der Waals surface area contributed by atoms with Gasteiger partial charge in [0.05, 0.1) is 18.1 Å². The SMILES string of the molecule is CCc1cc2cc(OC)cc([N+](=O)[O-])c2nc1NC. The van der Waals surface area contributed by atoms with Gasteiger partial charge in [-0.2, -0.15) is 0 Å². The molecular weight excluding hydrogens is 246 g/mol. The van der Waals surface area contributed by atoms with E-state index in [1.54, 1.807) is 13.1 Å². The first-order valence-electron chi connectivity index (χ1n) is 5.94. The fraction of sp³-hybridized carbons (Fsp3) is 0.308. The highest BCUT2D eigenvalue weighted by Crippen LogP contribution is 2.32. The number of nitro groups is 1. The van der Waals surface area contributed by atoms with Crippen molar-refractivity contribution >= 4 is 22.4 Å². The number of nitro benzene ring substituents is 1. The summed E-state index contributed by atoms with van der Waals surface area (Å²) < 4.78 is 5.10. The maximum atomic E-state index is 11.1. The number of ether oxygens (including phenoxy) is 1. The molecule has 0 aliphatic heterocycles. The Labute approximate surface area is 110 Å². The Morgan fingerprint density at radius 2 is 2.16 bits per heavy atom. The lowest BCUT2D eigenvalue weighted by atomic mass is 10.1. The van der Waals surface area contributed by atoms with Gasteiger partial charge >= 0.3 is 0 Å². The molecule has 0 saturated heterocycles. The van der Waals surface area contributed by atoms with Crippen molar-refractivity contribution in [1.29, 1.82) is 0 Å². The van der Waals surface area contributed by atoms with E-state index < -0.39 is 4.92 Å². The molecule has 0 fully saturated rings. The average molecular weight is 261 g/mol. The maximum absolute atomic E-state index is 11.1. The number of aryl methyl sites for hydroxylation is 1. The van der Waals surface area contributed by atoms with Gasteiger partial charge in [0.1, 0.15) is 11.6 Å². The summed E-state index contributed by atoms with van der Waals surface area (Å²) in [4.78, 5) is 15.0. The van der Waals surface area contributed by atoms with Gasteiger partial charge in [0.2, 0.25) is 0 Å². The van der Waals surface area contributed by atoms with Crippen molar-refractivity contribution in [2.24, 2.45) is 0 Å². The summed E-state index contributed by atoms with van der Waals surface area (Å²) >= 11 is 0. The van der Waals surface area contributed by atoms with Gasteiger partial charge in [-0.1, -0.05) is 6.92 Å². The van der Waals surface area contributed by atoms with Gasteiger partial charge in [-0.05, 0) is 24.1 Å².